The van der Waals surface area contributed by atoms with Gasteiger partial charge in [-0.05, 0) is 30.4 Å². The van der Waals surface area contributed by atoms with Gasteiger partial charge in [0.1, 0.15) is 6.10 Å². The predicted molar refractivity (Wildman–Crippen MR) is 107 cm³/mol. The number of rotatable bonds is 11. The Labute approximate surface area is 157 Å². The largest absolute Gasteiger partial charge is 0.461 e. The Balaban J connectivity index is 1.95. The molecule has 0 fully saturated rings. The Bertz CT molecular complexity index is 588. The summed E-state index contributed by atoms with van der Waals surface area (Å²) in [7, 11) is 0. The molecule has 0 aliphatic heterocycles. The minimum Gasteiger partial charge on any atom is -0.461 e. The van der Waals surface area contributed by atoms with Gasteiger partial charge in [0, 0.05) is 0 Å². The highest BCUT2D eigenvalue weighted by molar-refractivity contribution is 5.72. The van der Waals surface area contributed by atoms with Crippen LogP contribution >= 0.6 is 0 Å². The summed E-state index contributed by atoms with van der Waals surface area (Å²) in [5.41, 5.74) is 2.28. The summed E-state index contributed by atoms with van der Waals surface area (Å²) >= 11 is 0. The molecule has 0 aromatic heterocycles. The monoisotopic (exact) mass is 353 g/mol. The van der Waals surface area contributed by atoms with Gasteiger partial charge in [-0.25, -0.2) is 0 Å². The lowest BCUT2D eigenvalue weighted by Gasteiger charge is -2.21. The average molecular weight is 354 g/mol. The summed E-state index contributed by atoms with van der Waals surface area (Å²) in [5.74, 6) is -0.176. The van der Waals surface area contributed by atoms with Crippen molar-refractivity contribution >= 4 is 5.97 Å². The van der Waals surface area contributed by atoms with E-state index < -0.39 is 0 Å². The normalized spacial score (nSPS) is 12.1. The van der Waals surface area contributed by atoms with E-state index in [1.807, 2.05) is 36.4 Å². The van der Waals surface area contributed by atoms with E-state index in [1.54, 1.807) is 0 Å². The van der Waals surface area contributed by atoms with Gasteiger partial charge in [-0.1, -0.05) is 87.4 Å². The summed E-state index contributed by atoms with van der Waals surface area (Å²) in [6.07, 6.45) is 5.35. The second-order valence-electron chi connectivity index (χ2n) is 6.65. The van der Waals surface area contributed by atoms with Gasteiger partial charge < -0.3 is 4.74 Å². The van der Waals surface area contributed by atoms with Crippen LogP contribution in [0.25, 0.3) is 0 Å². The van der Waals surface area contributed by atoms with Gasteiger partial charge in [0.15, 0.2) is 0 Å². The summed E-state index contributed by atoms with van der Waals surface area (Å²) in [6, 6.07) is 20.4. The zero-order chi connectivity index (χ0) is 18.6. The van der Waals surface area contributed by atoms with Crippen molar-refractivity contribution in [2.75, 3.05) is 6.54 Å². The molecule has 1 N–H and O–H groups in total. The van der Waals surface area contributed by atoms with Gasteiger partial charge in [0.05, 0.1) is 12.6 Å². The quantitative estimate of drug-likeness (QED) is 0.442. The maximum atomic E-state index is 12.3. The number of hydrogen-bond acceptors (Lipinski definition) is 3. The first-order valence-electron chi connectivity index (χ1n) is 9.77. The Morgan fingerprint density at radius 3 is 2.00 bits per heavy atom. The van der Waals surface area contributed by atoms with Gasteiger partial charge in [0.2, 0.25) is 0 Å². The number of unbranched alkanes of at least 4 members (excludes halogenated alkanes) is 2. The van der Waals surface area contributed by atoms with Gasteiger partial charge >= 0.3 is 5.97 Å². The Kier molecular flexibility index (Phi) is 8.91. The molecule has 3 nitrogen and oxygen atoms in total. The average Bonchev–Trinajstić information content (AvgIpc) is 2.69. The van der Waals surface area contributed by atoms with Crippen molar-refractivity contribution < 1.29 is 9.53 Å². The van der Waals surface area contributed by atoms with Gasteiger partial charge in [-0.2, -0.15) is 0 Å². The van der Waals surface area contributed by atoms with E-state index in [0.29, 0.717) is 0 Å². The molecule has 0 aliphatic rings. The van der Waals surface area contributed by atoms with Crippen LogP contribution < -0.4 is 5.32 Å². The molecule has 3 heteroatoms. The fraction of sp³-hybridized carbons (Fsp3) is 0.435. The number of esters is 1. The van der Waals surface area contributed by atoms with Crippen molar-refractivity contribution in [3.63, 3.8) is 0 Å². The van der Waals surface area contributed by atoms with Crippen LogP contribution in [0.5, 0.6) is 0 Å². The smallest absolute Gasteiger partial charge is 0.320 e. The van der Waals surface area contributed by atoms with Gasteiger partial charge in [-0.3, -0.25) is 10.1 Å². The summed E-state index contributed by atoms with van der Waals surface area (Å²) in [6.45, 7) is 4.47. The number of hydrogen-bond donors (Lipinski definition) is 1. The third kappa shape index (κ3) is 6.64. The van der Waals surface area contributed by atoms with E-state index in [1.165, 1.54) is 12.8 Å². The van der Waals surface area contributed by atoms with Crippen LogP contribution in [0.1, 0.15) is 63.1 Å². The Hall–Kier alpha value is -2.13. The van der Waals surface area contributed by atoms with E-state index in [4.69, 9.17) is 4.74 Å². The number of nitrogens with one attached hydrogen (secondary N) is 1. The van der Waals surface area contributed by atoms with Crippen LogP contribution in [0.3, 0.4) is 0 Å². The standard InChI is InChI=1S/C23H31NO2/c1-3-5-8-17-21(4-2)26-22(25)18-24-23(19-13-9-6-10-14-19)20-15-11-7-12-16-20/h6-7,9-16,21,23-24H,3-5,8,17-18H2,1-2H3. The molecule has 0 radical (unpaired) electrons. The summed E-state index contributed by atoms with van der Waals surface area (Å²) in [4.78, 5) is 12.3. The molecule has 2 aromatic rings. The lowest BCUT2D eigenvalue weighted by atomic mass is 9.99. The van der Waals surface area contributed by atoms with E-state index >= 15 is 0 Å². The highest BCUT2D eigenvalue weighted by Gasteiger charge is 2.17. The first kappa shape index (κ1) is 20.2. The molecular weight excluding hydrogens is 322 g/mol. The Morgan fingerprint density at radius 1 is 0.923 bits per heavy atom. The molecule has 1 atom stereocenters. The predicted octanol–water partition coefficient (Wildman–Crippen LogP) is 5.27. The van der Waals surface area contributed by atoms with Crippen LogP contribution in [0.15, 0.2) is 60.7 Å². The van der Waals surface area contributed by atoms with Crippen molar-refractivity contribution in [2.45, 2.75) is 58.1 Å². The molecule has 0 heterocycles. The topological polar surface area (TPSA) is 38.3 Å². The van der Waals surface area contributed by atoms with Crippen molar-refractivity contribution in [1.29, 1.82) is 0 Å². The Morgan fingerprint density at radius 2 is 1.50 bits per heavy atom. The van der Waals surface area contributed by atoms with Crippen LogP contribution in [-0.2, 0) is 9.53 Å². The fourth-order valence-electron chi connectivity index (χ4n) is 3.10. The maximum Gasteiger partial charge on any atom is 0.320 e. The lowest BCUT2D eigenvalue weighted by molar-refractivity contribution is -0.148. The second kappa shape index (κ2) is 11.5. The minimum atomic E-state index is -0.176. The fourth-order valence-corrected chi connectivity index (χ4v) is 3.10. The molecule has 0 aliphatic carbocycles. The van der Waals surface area contributed by atoms with Crippen LogP contribution in [0.4, 0.5) is 0 Å². The molecule has 26 heavy (non-hydrogen) atoms. The molecule has 1 unspecified atom stereocenters. The molecule has 0 saturated heterocycles. The zero-order valence-corrected chi connectivity index (χ0v) is 16.0. The molecule has 2 rings (SSSR count). The molecule has 0 saturated carbocycles. The van der Waals surface area contributed by atoms with Gasteiger partial charge in [-0.15, -0.1) is 0 Å². The van der Waals surface area contributed by atoms with Crippen molar-refractivity contribution in [3.8, 4) is 0 Å². The van der Waals surface area contributed by atoms with Crippen molar-refractivity contribution in [3.05, 3.63) is 71.8 Å². The summed E-state index contributed by atoms with van der Waals surface area (Å²) in [5, 5.41) is 3.37. The molecule has 140 valence electrons. The number of carbonyl (C=O) groups excluding carboxylic acids is 1. The zero-order valence-electron chi connectivity index (χ0n) is 16.0. The highest BCUT2D eigenvalue weighted by atomic mass is 16.5. The minimum absolute atomic E-state index is 0.0230. The van der Waals surface area contributed by atoms with Crippen LogP contribution in [-0.4, -0.2) is 18.6 Å². The molecular formula is C23H31NO2. The van der Waals surface area contributed by atoms with Crippen molar-refractivity contribution in [2.24, 2.45) is 0 Å². The molecule has 0 bridgehead atoms. The maximum absolute atomic E-state index is 12.3. The number of carbonyl (C=O) groups is 1. The van der Waals surface area contributed by atoms with Crippen molar-refractivity contribution in [1.82, 2.24) is 5.32 Å². The van der Waals surface area contributed by atoms with E-state index in [9.17, 15) is 4.79 Å². The number of benzene rings is 2. The third-order valence-corrected chi connectivity index (χ3v) is 4.60. The summed E-state index contributed by atoms with van der Waals surface area (Å²) < 4.78 is 5.67. The molecule has 0 amide bonds. The first-order valence-corrected chi connectivity index (χ1v) is 9.77. The second-order valence-corrected chi connectivity index (χ2v) is 6.65. The van der Waals surface area contributed by atoms with E-state index in [2.05, 4.69) is 43.4 Å². The molecule has 0 spiro atoms. The van der Waals surface area contributed by atoms with Crippen LogP contribution in [0.2, 0.25) is 0 Å². The third-order valence-electron chi connectivity index (χ3n) is 4.60. The SMILES string of the molecule is CCCCCC(CC)OC(=O)CNC(c1ccccc1)c1ccccc1. The van der Waals surface area contributed by atoms with E-state index in [-0.39, 0.29) is 24.7 Å². The molecule has 2 aromatic carbocycles. The lowest BCUT2D eigenvalue weighted by Crippen LogP contribution is -2.31. The van der Waals surface area contributed by atoms with E-state index in [0.717, 1.165) is 30.4 Å². The first-order chi connectivity index (χ1) is 12.7. The highest BCUT2D eigenvalue weighted by Crippen LogP contribution is 2.21. The van der Waals surface area contributed by atoms with Gasteiger partial charge in [0.25, 0.3) is 0 Å². The van der Waals surface area contributed by atoms with Crippen LogP contribution in [0, 0.1) is 0 Å². The number of ether oxygens (including phenoxy) is 1.